The lowest BCUT2D eigenvalue weighted by atomic mass is 9.99. The minimum atomic E-state index is -1.57. The maximum Gasteiger partial charge on any atom is 0.305 e. The highest BCUT2D eigenvalue weighted by atomic mass is 16.7. The number of ether oxygens (including phenoxy) is 3. The van der Waals surface area contributed by atoms with Crippen LogP contribution in [0.2, 0.25) is 0 Å². The predicted molar refractivity (Wildman–Crippen MR) is 324 cm³/mol. The number of aliphatic hydroxyl groups is 5. The third-order valence-corrected chi connectivity index (χ3v) is 15.1. The van der Waals surface area contributed by atoms with Crippen molar-refractivity contribution in [1.29, 1.82) is 0 Å². The molecule has 0 spiro atoms. The first-order valence-electron chi connectivity index (χ1n) is 32.6. The van der Waals surface area contributed by atoms with Crippen LogP contribution in [-0.4, -0.2) is 100 Å². The SMILES string of the molecule is CCC/C=C\C/C=C\CCCCCCCC(=O)OCCCCCCCCCCC/C=C\C/C=C\CCCCCCCCCCCC(=O)NC(COC1OC(CO)C(O)C(O)C1O)C(O)/C=C/CCCCCCCCCCCC. The molecule has 1 heterocycles. The molecule has 1 fully saturated rings. The quantitative estimate of drug-likeness (QED) is 0.0195. The molecule has 1 aliphatic heterocycles. The van der Waals surface area contributed by atoms with E-state index in [4.69, 9.17) is 14.2 Å². The van der Waals surface area contributed by atoms with E-state index in [0.717, 1.165) is 96.3 Å². The van der Waals surface area contributed by atoms with Crippen molar-refractivity contribution in [2.24, 2.45) is 0 Å². The van der Waals surface area contributed by atoms with E-state index in [1.54, 1.807) is 6.08 Å². The Morgan fingerprint density at radius 2 is 0.885 bits per heavy atom. The van der Waals surface area contributed by atoms with Crippen molar-refractivity contribution in [2.45, 2.75) is 333 Å². The Morgan fingerprint density at radius 1 is 0.474 bits per heavy atom. The first-order valence-corrected chi connectivity index (χ1v) is 32.6. The molecule has 1 saturated heterocycles. The zero-order chi connectivity index (χ0) is 56.6. The highest BCUT2D eigenvalue weighted by Gasteiger charge is 2.44. The Bertz CT molecular complexity index is 1480. The van der Waals surface area contributed by atoms with Gasteiger partial charge in [0.05, 0.1) is 32.0 Å². The van der Waals surface area contributed by atoms with E-state index in [0.29, 0.717) is 19.4 Å². The summed E-state index contributed by atoms with van der Waals surface area (Å²) in [6.45, 7) is 4.27. The summed E-state index contributed by atoms with van der Waals surface area (Å²) in [5.41, 5.74) is 0. The van der Waals surface area contributed by atoms with Gasteiger partial charge in [-0.1, -0.05) is 248 Å². The number of allylic oxidation sites excluding steroid dienone is 9. The third-order valence-electron chi connectivity index (χ3n) is 15.1. The van der Waals surface area contributed by atoms with Crippen molar-refractivity contribution in [1.82, 2.24) is 5.32 Å². The molecule has 454 valence electrons. The summed E-state index contributed by atoms with van der Waals surface area (Å²) in [6, 6.07) is -0.815. The Hall–Kier alpha value is -2.64. The van der Waals surface area contributed by atoms with Gasteiger partial charge in [-0.15, -0.1) is 0 Å². The van der Waals surface area contributed by atoms with E-state index in [2.05, 4.69) is 67.8 Å². The Balaban J connectivity index is 2.04. The van der Waals surface area contributed by atoms with Crippen molar-refractivity contribution >= 4 is 11.9 Å². The molecule has 7 atom stereocenters. The summed E-state index contributed by atoms with van der Waals surface area (Å²) in [7, 11) is 0. The standard InChI is InChI=1S/C67H121NO10/c1-3-5-7-9-11-13-15-30-35-39-43-47-51-55-63(72)76-56-52-48-44-40-36-32-29-27-25-23-21-19-17-18-20-22-24-26-28-31-34-38-42-46-50-54-62(71)68-59(58-77-67-66(75)65(74)64(73)61(57-69)78-67)60(70)53-49-45-41-37-33-16-14-12-10-8-6-4-2/h7,9,13,15,18-21,49,53,59-61,64-67,69-70,73-75H,3-6,8,10-12,14,16-17,22-48,50-52,54-58H2,1-2H3,(H,68,71)/b9-7-,15-13-,20-18-,21-19-,53-49+. The largest absolute Gasteiger partial charge is 0.466 e. The van der Waals surface area contributed by atoms with Crippen LogP contribution in [-0.2, 0) is 23.8 Å². The molecule has 0 saturated carbocycles. The van der Waals surface area contributed by atoms with Gasteiger partial charge in [0, 0.05) is 12.8 Å². The molecule has 6 N–H and O–H groups in total. The number of hydrogen-bond donors (Lipinski definition) is 6. The maximum atomic E-state index is 13.0. The molecule has 0 aromatic carbocycles. The van der Waals surface area contributed by atoms with Crippen molar-refractivity contribution in [3.05, 3.63) is 60.8 Å². The molecule has 0 aromatic rings. The van der Waals surface area contributed by atoms with E-state index in [1.165, 1.54) is 167 Å². The van der Waals surface area contributed by atoms with Crippen molar-refractivity contribution in [3.8, 4) is 0 Å². The van der Waals surface area contributed by atoms with Gasteiger partial charge in [-0.2, -0.15) is 0 Å². The number of aliphatic hydroxyl groups excluding tert-OH is 5. The number of hydrogen-bond acceptors (Lipinski definition) is 10. The van der Waals surface area contributed by atoms with Gasteiger partial charge < -0.3 is 45.1 Å². The molecular formula is C67H121NO10. The molecule has 1 aliphatic rings. The summed E-state index contributed by atoms with van der Waals surface area (Å²) >= 11 is 0. The minimum Gasteiger partial charge on any atom is -0.466 e. The zero-order valence-electron chi connectivity index (χ0n) is 50.1. The fourth-order valence-electron chi connectivity index (χ4n) is 9.91. The van der Waals surface area contributed by atoms with Crippen LogP contribution in [0.1, 0.15) is 290 Å². The fourth-order valence-corrected chi connectivity index (χ4v) is 9.91. The number of nitrogens with one attached hydrogen (secondary N) is 1. The second-order valence-corrected chi connectivity index (χ2v) is 22.5. The molecule has 0 aliphatic carbocycles. The maximum absolute atomic E-state index is 13.0. The van der Waals surface area contributed by atoms with E-state index in [9.17, 15) is 35.1 Å². The average Bonchev–Trinajstić information content (AvgIpc) is 3.44. The summed E-state index contributed by atoms with van der Waals surface area (Å²) in [5.74, 6) is -0.206. The van der Waals surface area contributed by atoms with Crippen LogP contribution < -0.4 is 5.32 Å². The molecule has 0 radical (unpaired) electrons. The molecule has 11 heteroatoms. The van der Waals surface area contributed by atoms with E-state index in [-0.39, 0.29) is 18.5 Å². The van der Waals surface area contributed by atoms with Crippen LogP contribution in [0.4, 0.5) is 0 Å². The minimum absolute atomic E-state index is 0.0175. The lowest BCUT2D eigenvalue weighted by Gasteiger charge is -2.40. The van der Waals surface area contributed by atoms with E-state index >= 15 is 0 Å². The fraction of sp³-hybridized carbons (Fsp3) is 0.821. The van der Waals surface area contributed by atoms with Crippen LogP contribution in [0, 0.1) is 0 Å². The topological polar surface area (TPSA) is 175 Å². The van der Waals surface area contributed by atoms with Crippen molar-refractivity contribution in [3.63, 3.8) is 0 Å². The zero-order valence-corrected chi connectivity index (χ0v) is 50.1. The summed E-state index contributed by atoms with van der Waals surface area (Å²) < 4.78 is 16.7. The highest BCUT2D eigenvalue weighted by Crippen LogP contribution is 2.23. The van der Waals surface area contributed by atoms with Gasteiger partial charge in [-0.3, -0.25) is 9.59 Å². The molecular weight excluding hydrogens is 979 g/mol. The van der Waals surface area contributed by atoms with Gasteiger partial charge in [0.25, 0.3) is 0 Å². The third kappa shape index (κ3) is 45.0. The van der Waals surface area contributed by atoms with E-state index < -0.39 is 49.5 Å². The molecule has 0 bridgehead atoms. The van der Waals surface area contributed by atoms with Crippen LogP contribution in [0.3, 0.4) is 0 Å². The Morgan fingerprint density at radius 3 is 1.35 bits per heavy atom. The van der Waals surface area contributed by atoms with Crippen LogP contribution in [0.25, 0.3) is 0 Å². The normalized spacial score (nSPS) is 18.9. The van der Waals surface area contributed by atoms with Gasteiger partial charge >= 0.3 is 5.97 Å². The Labute approximate surface area is 478 Å². The number of amides is 1. The van der Waals surface area contributed by atoms with Crippen LogP contribution in [0.5, 0.6) is 0 Å². The first kappa shape index (κ1) is 73.4. The number of carbonyl (C=O) groups excluding carboxylic acids is 2. The number of esters is 1. The number of carbonyl (C=O) groups is 2. The molecule has 0 aromatic heterocycles. The van der Waals surface area contributed by atoms with Crippen LogP contribution >= 0.6 is 0 Å². The Kier molecular flexibility index (Phi) is 52.9. The molecule has 1 rings (SSSR count). The van der Waals surface area contributed by atoms with Gasteiger partial charge in [0.2, 0.25) is 5.91 Å². The predicted octanol–water partition coefficient (Wildman–Crippen LogP) is 15.8. The molecule has 1 amide bonds. The second-order valence-electron chi connectivity index (χ2n) is 22.5. The highest BCUT2D eigenvalue weighted by molar-refractivity contribution is 5.76. The lowest BCUT2D eigenvalue weighted by Crippen LogP contribution is -2.60. The number of rotatable bonds is 56. The van der Waals surface area contributed by atoms with Gasteiger partial charge in [-0.25, -0.2) is 0 Å². The van der Waals surface area contributed by atoms with Gasteiger partial charge in [-0.05, 0) is 89.9 Å². The van der Waals surface area contributed by atoms with Crippen molar-refractivity contribution < 1.29 is 49.3 Å². The van der Waals surface area contributed by atoms with Gasteiger partial charge in [0.1, 0.15) is 24.4 Å². The van der Waals surface area contributed by atoms with Crippen molar-refractivity contribution in [2.75, 3.05) is 19.8 Å². The van der Waals surface area contributed by atoms with Gasteiger partial charge in [0.15, 0.2) is 6.29 Å². The summed E-state index contributed by atoms with van der Waals surface area (Å²) in [5, 5.41) is 54.4. The van der Waals surface area contributed by atoms with E-state index in [1.807, 2.05) is 6.08 Å². The van der Waals surface area contributed by atoms with Crippen LogP contribution in [0.15, 0.2) is 60.8 Å². The second kappa shape index (κ2) is 56.2. The molecule has 11 nitrogen and oxygen atoms in total. The first-order chi connectivity index (χ1) is 38.2. The lowest BCUT2D eigenvalue weighted by molar-refractivity contribution is -0.302. The summed E-state index contributed by atoms with van der Waals surface area (Å²) in [6.07, 6.45) is 63.2. The average molecular weight is 1100 g/mol. The molecule has 7 unspecified atom stereocenters. The molecule has 78 heavy (non-hydrogen) atoms. The monoisotopic (exact) mass is 1100 g/mol. The summed E-state index contributed by atoms with van der Waals surface area (Å²) in [4.78, 5) is 25.1. The smallest absolute Gasteiger partial charge is 0.305 e. The number of unbranched alkanes of at least 4 members (excludes halogenated alkanes) is 34.